The Morgan fingerprint density at radius 1 is 1.02 bits per heavy atom. The Bertz CT molecular complexity index is 1860. The van der Waals surface area contributed by atoms with Crippen molar-refractivity contribution in [3.8, 4) is 16.3 Å². The molecular formula is C33H34N6O5S. The molecule has 0 radical (unpaired) electrons. The fraction of sp³-hybridized carbons (Fsp3) is 0.303. The van der Waals surface area contributed by atoms with Gasteiger partial charge in [0, 0.05) is 56.7 Å². The number of carbonyl (C=O) groups excluding carboxylic acids is 3. The Balaban J connectivity index is 1.20. The first-order chi connectivity index (χ1) is 21.6. The number of benzene rings is 2. The molecule has 12 heteroatoms. The summed E-state index contributed by atoms with van der Waals surface area (Å²) in [4.78, 5) is 59.9. The lowest BCUT2D eigenvalue weighted by Gasteiger charge is -2.37. The molecule has 2 aromatic heterocycles. The summed E-state index contributed by atoms with van der Waals surface area (Å²) in [5.74, 6) is 0.281. The monoisotopic (exact) mass is 626 g/mol. The normalized spacial score (nSPS) is 16.8. The molecule has 2 N–H and O–H groups in total. The second-order valence-corrected chi connectivity index (χ2v) is 12.5. The number of nitrogens with zero attached hydrogens (tertiary/aromatic N) is 4. The van der Waals surface area contributed by atoms with Crippen LogP contribution in [0, 0.1) is 6.92 Å². The van der Waals surface area contributed by atoms with Crippen molar-refractivity contribution in [2.45, 2.75) is 32.2 Å². The van der Waals surface area contributed by atoms with E-state index >= 15 is 0 Å². The minimum atomic E-state index is -0.659. The van der Waals surface area contributed by atoms with E-state index in [-0.39, 0.29) is 29.1 Å². The van der Waals surface area contributed by atoms with E-state index in [1.165, 1.54) is 15.9 Å². The SMILES string of the molecule is Cc1c(NC(=O)Oc2cc3c(s2)C(=O)CCC3)cccc1-c1cn(C)c(=O)c(Nc2ccc(C3C(=O)N(C)CCN3C)cc2)n1. The van der Waals surface area contributed by atoms with Crippen LogP contribution in [0.2, 0.25) is 0 Å². The molecule has 2 aromatic carbocycles. The second-order valence-electron chi connectivity index (χ2n) is 11.5. The Morgan fingerprint density at radius 3 is 2.56 bits per heavy atom. The van der Waals surface area contributed by atoms with Gasteiger partial charge in [0.1, 0.15) is 6.04 Å². The first-order valence-electron chi connectivity index (χ1n) is 14.7. The number of thiophene rings is 1. The van der Waals surface area contributed by atoms with E-state index in [9.17, 15) is 19.2 Å². The lowest BCUT2D eigenvalue weighted by atomic mass is 9.98. The van der Waals surface area contributed by atoms with Gasteiger partial charge in [0.25, 0.3) is 5.56 Å². The van der Waals surface area contributed by atoms with Crippen LogP contribution in [0.5, 0.6) is 5.06 Å². The van der Waals surface area contributed by atoms with Crippen LogP contribution >= 0.6 is 11.3 Å². The molecule has 0 spiro atoms. The summed E-state index contributed by atoms with van der Waals surface area (Å²) in [6.07, 6.45) is 3.12. The topological polar surface area (TPSA) is 126 Å². The Morgan fingerprint density at radius 2 is 1.80 bits per heavy atom. The van der Waals surface area contributed by atoms with Crippen molar-refractivity contribution in [2.75, 3.05) is 37.8 Å². The molecular weight excluding hydrogens is 592 g/mol. The number of carbonyl (C=O) groups is 3. The third-order valence-electron chi connectivity index (χ3n) is 8.33. The highest BCUT2D eigenvalue weighted by Gasteiger charge is 2.32. The van der Waals surface area contributed by atoms with Gasteiger partial charge < -0.3 is 19.5 Å². The van der Waals surface area contributed by atoms with Crippen molar-refractivity contribution in [1.29, 1.82) is 0 Å². The Labute approximate surface area is 264 Å². The number of hydrogen-bond donors (Lipinski definition) is 2. The van der Waals surface area contributed by atoms with E-state index in [0.717, 1.165) is 41.6 Å². The molecule has 1 aliphatic heterocycles. The van der Waals surface area contributed by atoms with Gasteiger partial charge in [-0.2, -0.15) is 0 Å². The van der Waals surface area contributed by atoms with Crippen molar-refractivity contribution in [3.05, 3.63) is 86.6 Å². The molecule has 1 fully saturated rings. The predicted molar refractivity (Wildman–Crippen MR) is 174 cm³/mol. The smallest absolute Gasteiger partial charge is 0.399 e. The van der Waals surface area contributed by atoms with Gasteiger partial charge >= 0.3 is 6.09 Å². The van der Waals surface area contributed by atoms with Crippen molar-refractivity contribution >= 4 is 46.3 Å². The summed E-state index contributed by atoms with van der Waals surface area (Å²) in [6.45, 7) is 3.34. The molecule has 1 saturated heterocycles. The van der Waals surface area contributed by atoms with Crippen LogP contribution < -0.4 is 20.9 Å². The summed E-state index contributed by atoms with van der Waals surface area (Å²) >= 11 is 1.20. The molecule has 6 rings (SSSR count). The van der Waals surface area contributed by atoms with Crippen LogP contribution in [0.4, 0.5) is 22.0 Å². The van der Waals surface area contributed by atoms with E-state index in [1.807, 2.05) is 56.3 Å². The number of piperazine rings is 1. The van der Waals surface area contributed by atoms with Crippen molar-refractivity contribution < 1.29 is 19.1 Å². The molecule has 3 heterocycles. The number of likely N-dealkylation sites (N-methyl/N-ethyl adjacent to an activating group) is 2. The van der Waals surface area contributed by atoms with E-state index in [4.69, 9.17) is 4.74 Å². The van der Waals surface area contributed by atoms with Crippen LogP contribution in [0.3, 0.4) is 0 Å². The van der Waals surface area contributed by atoms with Crippen LogP contribution in [-0.2, 0) is 18.3 Å². The van der Waals surface area contributed by atoms with Gasteiger partial charge in [-0.1, -0.05) is 35.6 Å². The first kappa shape index (κ1) is 30.2. The molecule has 2 aliphatic rings. The van der Waals surface area contributed by atoms with Crippen LogP contribution in [0.25, 0.3) is 11.3 Å². The maximum absolute atomic E-state index is 13.0. The summed E-state index contributed by atoms with van der Waals surface area (Å²) in [5.41, 5.74) is 4.68. The predicted octanol–water partition coefficient (Wildman–Crippen LogP) is 5.14. The quantitative estimate of drug-likeness (QED) is 0.302. The molecule has 45 heavy (non-hydrogen) atoms. The van der Waals surface area contributed by atoms with Crippen molar-refractivity contribution in [3.63, 3.8) is 0 Å². The summed E-state index contributed by atoms with van der Waals surface area (Å²) in [6, 6.07) is 14.3. The van der Waals surface area contributed by atoms with Gasteiger partial charge in [0.2, 0.25) is 5.91 Å². The number of ketones is 1. The number of Topliss-reactive ketones (excluding diaryl/α,β-unsaturated/α-hetero) is 1. The number of rotatable bonds is 6. The fourth-order valence-electron chi connectivity index (χ4n) is 5.75. The zero-order valence-corrected chi connectivity index (χ0v) is 26.4. The average molecular weight is 627 g/mol. The average Bonchev–Trinajstić information content (AvgIpc) is 3.43. The molecule has 232 valence electrons. The molecule has 1 aliphatic carbocycles. The Kier molecular flexibility index (Phi) is 8.26. The van der Waals surface area contributed by atoms with E-state index in [2.05, 4.69) is 15.6 Å². The number of amides is 2. The van der Waals surface area contributed by atoms with Gasteiger partial charge in [-0.3, -0.25) is 24.6 Å². The summed E-state index contributed by atoms with van der Waals surface area (Å²) in [5, 5.41) is 6.32. The Hall–Kier alpha value is -4.81. The standard InChI is InChI=1S/C33H34N6O5S/c1-19-23(8-6-9-24(19)36-33(43)44-27-17-21-7-5-10-26(40)29(21)45-27)25-18-39(4)32(42)30(35-25)34-22-13-11-20(12-14-22)28-31(41)38(3)16-15-37(28)2/h6,8-9,11-14,17-18,28H,5,7,10,15-16H2,1-4H3,(H,34,35)(H,36,43). The zero-order valence-electron chi connectivity index (χ0n) is 25.5. The van der Waals surface area contributed by atoms with E-state index in [0.29, 0.717) is 40.0 Å². The van der Waals surface area contributed by atoms with Gasteiger partial charge in [0.05, 0.1) is 10.6 Å². The van der Waals surface area contributed by atoms with Crippen LogP contribution in [-0.4, -0.2) is 64.3 Å². The first-order valence-corrected chi connectivity index (χ1v) is 15.6. The van der Waals surface area contributed by atoms with Gasteiger partial charge in [0.15, 0.2) is 16.7 Å². The maximum atomic E-state index is 13.0. The van der Waals surface area contributed by atoms with Gasteiger partial charge in [-0.15, -0.1) is 0 Å². The number of ether oxygens (including phenoxy) is 1. The number of anilines is 3. The highest BCUT2D eigenvalue weighted by molar-refractivity contribution is 7.16. The van der Waals surface area contributed by atoms with Gasteiger partial charge in [-0.05, 0) is 67.8 Å². The number of aromatic nitrogens is 2. The van der Waals surface area contributed by atoms with Gasteiger partial charge in [-0.25, -0.2) is 9.78 Å². The lowest BCUT2D eigenvalue weighted by Crippen LogP contribution is -2.48. The largest absolute Gasteiger partial charge is 0.417 e. The number of aryl methyl sites for hydroxylation is 2. The fourth-order valence-corrected chi connectivity index (χ4v) is 6.78. The third kappa shape index (κ3) is 6.11. The van der Waals surface area contributed by atoms with Crippen LogP contribution in [0.15, 0.2) is 59.5 Å². The summed E-state index contributed by atoms with van der Waals surface area (Å²) < 4.78 is 6.98. The minimum absolute atomic E-state index is 0.0507. The maximum Gasteiger partial charge on any atom is 0.417 e. The number of hydrogen-bond acceptors (Lipinski definition) is 9. The second kappa shape index (κ2) is 12.3. The summed E-state index contributed by atoms with van der Waals surface area (Å²) in [7, 11) is 5.41. The lowest BCUT2D eigenvalue weighted by molar-refractivity contribution is -0.139. The van der Waals surface area contributed by atoms with E-state index < -0.39 is 6.09 Å². The minimum Gasteiger partial charge on any atom is -0.399 e. The molecule has 0 bridgehead atoms. The molecule has 11 nitrogen and oxygen atoms in total. The molecule has 0 saturated carbocycles. The van der Waals surface area contributed by atoms with Crippen LogP contribution in [0.1, 0.15) is 45.2 Å². The third-order valence-corrected chi connectivity index (χ3v) is 9.43. The number of nitrogens with one attached hydrogen (secondary N) is 2. The molecule has 2 amide bonds. The molecule has 1 atom stereocenters. The highest BCUT2D eigenvalue weighted by atomic mass is 32.1. The zero-order chi connectivity index (χ0) is 31.8. The number of fused-ring (bicyclic) bond motifs is 1. The van der Waals surface area contributed by atoms with Crippen molar-refractivity contribution in [1.82, 2.24) is 19.4 Å². The van der Waals surface area contributed by atoms with Crippen molar-refractivity contribution in [2.24, 2.45) is 7.05 Å². The van der Waals surface area contributed by atoms with E-state index in [1.54, 1.807) is 36.3 Å². The highest BCUT2D eigenvalue weighted by Crippen LogP contribution is 2.35. The molecule has 1 unspecified atom stereocenters. The molecule has 4 aromatic rings.